The lowest BCUT2D eigenvalue weighted by molar-refractivity contribution is 0.122. The number of aryl methyl sites for hydroxylation is 1. The van der Waals surface area contributed by atoms with Crippen LogP contribution in [-0.4, -0.2) is 58.9 Å². The fraction of sp³-hybridized carbons (Fsp3) is 0.478. The first-order valence-corrected chi connectivity index (χ1v) is 10.9. The van der Waals surface area contributed by atoms with Crippen molar-refractivity contribution >= 4 is 17.2 Å². The molecule has 3 aromatic rings. The van der Waals surface area contributed by atoms with Gasteiger partial charge in [-0.05, 0) is 50.6 Å². The van der Waals surface area contributed by atoms with Crippen LogP contribution in [0.15, 0.2) is 36.4 Å². The maximum atomic E-state index is 6.21. The minimum absolute atomic E-state index is 0.465. The van der Waals surface area contributed by atoms with Gasteiger partial charge in [-0.2, -0.15) is 9.61 Å². The number of fused-ring (bicyclic) bond motifs is 1. The van der Waals surface area contributed by atoms with Crippen LogP contribution in [0.1, 0.15) is 35.7 Å². The molecule has 2 aliphatic rings. The van der Waals surface area contributed by atoms with Crippen LogP contribution in [-0.2, 0) is 11.3 Å². The second-order valence-electron chi connectivity index (χ2n) is 8.48. The summed E-state index contributed by atoms with van der Waals surface area (Å²) in [4.78, 5) is 9.78. The van der Waals surface area contributed by atoms with Gasteiger partial charge in [0, 0.05) is 49.1 Å². The van der Waals surface area contributed by atoms with Crippen LogP contribution < -0.4 is 10.6 Å². The van der Waals surface area contributed by atoms with Crippen molar-refractivity contribution in [2.24, 2.45) is 0 Å². The molecule has 0 aliphatic carbocycles. The number of piperidine rings is 1. The normalized spacial score (nSPS) is 18.9. The first-order valence-electron chi connectivity index (χ1n) is 10.9. The zero-order valence-electron chi connectivity index (χ0n) is 17.6. The molecule has 0 atom stereocenters. The van der Waals surface area contributed by atoms with Gasteiger partial charge in [-0.3, -0.25) is 4.90 Å². The van der Waals surface area contributed by atoms with Crippen LogP contribution in [0.2, 0.25) is 0 Å². The summed E-state index contributed by atoms with van der Waals surface area (Å²) >= 11 is 0. The molecule has 158 valence electrons. The van der Waals surface area contributed by atoms with E-state index in [4.69, 9.17) is 15.5 Å². The molecule has 0 spiro atoms. The van der Waals surface area contributed by atoms with Crippen molar-refractivity contribution in [3.8, 4) is 0 Å². The van der Waals surface area contributed by atoms with Crippen molar-refractivity contribution in [2.45, 2.75) is 32.2 Å². The second-order valence-corrected chi connectivity index (χ2v) is 8.48. The number of nitrogen functional groups attached to an aromatic ring is 1. The molecule has 2 aliphatic heterocycles. The summed E-state index contributed by atoms with van der Waals surface area (Å²) in [7, 11) is 0. The molecule has 2 N–H and O–H groups in total. The molecule has 5 rings (SSSR count). The number of ether oxygens (including phenoxy) is 1. The average Bonchev–Trinajstić information content (AvgIpc) is 3.16. The second kappa shape index (κ2) is 8.24. The Morgan fingerprint density at radius 3 is 2.50 bits per heavy atom. The van der Waals surface area contributed by atoms with Gasteiger partial charge < -0.3 is 15.4 Å². The van der Waals surface area contributed by atoms with E-state index in [0.717, 1.165) is 75.8 Å². The van der Waals surface area contributed by atoms with E-state index < -0.39 is 0 Å². The molecule has 7 heteroatoms. The monoisotopic (exact) mass is 406 g/mol. The lowest BCUT2D eigenvalue weighted by Crippen LogP contribution is -2.36. The van der Waals surface area contributed by atoms with Crippen LogP contribution in [0.3, 0.4) is 0 Å². The van der Waals surface area contributed by atoms with Crippen LogP contribution in [0.4, 0.5) is 11.5 Å². The number of nitrogens with zero attached hydrogens (tertiary/aromatic N) is 5. The zero-order valence-corrected chi connectivity index (χ0v) is 17.6. The third-order valence-electron chi connectivity index (χ3n) is 6.32. The fourth-order valence-electron chi connectivity index (χ4n) is 4.62. The van der Waals surface area contributed by atoms with Crippen molar-refractivity contribution in [1.82, 2.24) is 19.5 Å². The molecular formula is C23H30N6O. The molecule has 1 aromatic carbocycles. The summed E-state index contributed by atoms with van der Waals surface area (Å²) in [6, 6.07) is 13.1. The summed E-state index contributed by atoms with van der Waals surface area (Å²) in [5.74, 6) is 1.14. The number of aromatic nitrogens is 3. The summed E-state index contributed by atoms with van der Waals surface area (Å²) in [5.41, 5.74) is 11.8. The predicted molar refractivity (Wildman–Crippen MR) is 119 cm³/mol. The Morgan fingerprint density at radius 2 is 1.77 bits per heavy atom. The topological polar surface area (TPSA) is 71.9 Å². The van der Waals surface area contributed by atoms with Crippen molar-refractivity contribution in [3.05, 3.63) is 53.3 Å². The Bertz CT molecular complexity index is 1000. The molecule has 4 heterocycles. The van der Waals surface area contributed by atoms with E-state index >= 15 is 0 Å². The van der Waals surface area contributed by atoms with E-state index in [9.17, 15) is 0 Å². The highest BCUT2D eigenvalue weighted by molar-refractivity contribution is 5.49. The first kappa shape index (κ1) is 19.3. The summed E-state index contributed by atoms with van der Waals surface area (Å²) in [6.07, 6.45) is 2.23. The van der Waals surface area contributed by atoms with Gasteiger partial charge in [0.2, 0.25) is 0 Å². The molecule has 2 aromatic heterocycles. The Hall–Kier alpha value is -2.64. The number of rotatable bonds is 4. The van der Waals surface area contributed by atoms with Gasteiger partial charge in [0.1, 0.15) is 5.82 Å². The van der Waals surface area contributed by atoms with Crippen LogP contribution in [0, 0.1) is 6.92 Å². The Morgan fingerprint density at radius 1 is 1.03 bits per heavy atom. The maximum absolute atomic E-state index is 6.21. The van der Waals surface area contributed by atoms with Crippen molar-refractivity contribution in [3.63, 3.8) is 0 Å². The standard InChI is InChI=1S/C23H30N6O/c1-17-14-23-25-21(15-22(24)29(23)26-17)19-6-8-27(9-7-19)16-18-2-4-20(5-3-18)28-10-12-30-13-11-28/h2-5,14-15,19H,6-13,16,24H2,1H3. The third-order valence-corrected chi connectivity index (χ3v) is 6.32. The number of morpholine rings is 1. The van der Waals surface area contributed by atoms with E-state index in [1.165, 1.54) is 11.3 Å². The highest BCUT2D eigenvalue weighted by Crippen LogP contribution is 2.29. The zero-order chi connectivity index (χ0) is 20.5. The maximum Gasteiger partial charge on any atom is 0.157 e. The smallest absolute Gasteiger partial charge is 0.157 e. The summed E-state index contributed by atoms with van der Waals surface area (Å²) in [5, 5.41) is 4.41. The highest BCUT2D eigenvalue weighted by Gasteiger charge is 2.23. The van der Waals surface area contributed by atoms with Gasteiger partial charge in [-0.15, -0.1) is 0 Å². The largest absolute Gasteiger partial charge is 0.384 e. The predicted octanol–water partition coefficient (Wildman–Crippen LogP) is 2.84. The molecule has 0 amide bonds. The van der Waals surface area contributed by atoms with Gasteiger partial charge in [-0.1, -0.05) is 12.1 Å². The van der Waals surface area contributed by atoms with Crippen molar-refractivity contribution in [1.29, 1.82) is 0 Å². The first-order chi connectivity index (χ1) is 14.7. The van der Waals surface area contributed by atoms with E-state index in [-0.39, 0.29) is 0 Å². The van der Waals surface area contributed by atoms with Gasteiger partial charge in [0.25, 0.3) is 0 Å². The highest BCUT2D eigenvalue weighted by atomic mass is 16.5. The van der Waals surface area contributed by atoms with Gasteiger partial charge in [0.15, 0.2) is 5.65 Å². The molecule has 30 heavy (non-hydrogen) atoms. The molecular weight excluding hydrogens is 376 g/mol. The van der Waals surface area contributed by atoms with E-state index in [2.05, 4.69) is 39.2 Å². The van der Waals surface area contributed by atoms with Crippen LogP contribution >= 0.6 is 0 Å². The van der Waals surface area contributed by atoms with Crippen molar-refractivity contribution < 1.29 is 4.74 Å². The summed E-state index contributed by atoms with van der Waals surface area (Å²) < 4.78 is 7.18. The minimum atomic E-state index is 0.465. The van der Waals surface area contributed by atoms with Gasteiger partial charge in [0.05, 0.1) is 18.9 Å². The SMILES string of the molecule is Cc1cc2nc(C3CCN(Cc4ccc(N5CCOCC5)cc4)CC3)cc(N)n2n1. The van der Waals surface area contributed by atoms with Gasteiger partial charge in [-0.25, -0.2) is 4.98 Å². The number of benzene rings is 1. The van der Waals surface area contributed by atoms with Crippen LogP contribution in [0.25, 0.3) is 5.65 Å². The number of nitrogens with two attached hydrogens (primary N) is 1. The van der Waals surface area contributed by atoms with Gasteiger partial charge >= 0.3 is 0 Å². The molecule has 0 saturated carbocycles. The number of hydrogen-bond acceptors (Lipinski definition) is 6. The van der Waals surface area contributed by atoms with E-state index in [0.29, 0.717) is 11.7 Å². The quantitative estimate of drug-likeness (QED) is 0.718. The number of likely N-dealkylation sites (tertiary alicyclic amines) is 1. The number of hydrogen-bond donors (Lipinski definition) is 1. The van der Waals surface area contributed by atoms with E-state index in [1.54, 1.807) is 4.52 Å². The minimum Gasteiger partial charge on any atom is -0.384 e. The lowest BCUT2D eigenvalue weighted by Gasteiger charge is -2.32. The molecule has 2 saturated heterocycles. The van der Waals surface area contributed by atoms with Crippen molar-refractivity contribution in [2.75, 3.05) is 50.0 Å². The van der Waals surface area contributed by atoms with Crippen LogP contribution in [0.5, 0.6) is 0 Å². The Balaban J connectivity index is 1.19. The third kappa shape index (κ3) is 4.00. The molecule has 0 unspecified atom stereocenters. The molecule has 2 fully saturated rings. The molecule has 0 radical (unpaired) electrons. The summed E-state index contributed by atoms with van der Waals surface area (Å²) in [6.45, 7) is 8.76. The van der Waals surface area contributed by atoms with E-state index in [1.807, 2.05) is 19.1 Å². The fourth-order valence-corrected chi connectivity index (χ4v) is 4.62. The average molecular weight is 407 g/mol. The molecule has 7 nitrogen and oxygen atoms in total. The molecule has 0 bridgehead atoms. The number of anilines is 2. The Labute approximate surface area is 177 Å². The Kier molecular flexibility index (Phi) is 5.31. The lowest BCUT2D eigenvalue weighted by atomic mass is 9.93.